The van der Waals surface area contributed by atoms with Crippen LogP contribution in [0, 0.1) is 0 Å². The van der Waals surface area contributed by atoms with Gasteiger partial charge < -0.3 is 9.32 Å². The lowest BCUT2D eigenvalue weighted by molar-refractivity contribution is -0.133. The number of rotatable bonds is 4. The molecule has 30 heavy (non-hydrogen) atoms. The van der Waals surface area contributed by atoms with Crippen molar-refractivity contribution in [2.24, 2.45) is 0 Å². The fraction of sp³-hybridized carbons (Fsp3) is 0.667. The van der Waals surface area contributed by atoms with Gasteiger partial charge in [-0.15, -0.1) is 10.2 Å². The molecule has 0 spiro atoms. The van der Waals surface area contributed by atoms with Gasteiger partial charge in [-0.25, -0.2) is 4.98 Å². The smallest absolute Gasteiger partial charge is 0.257 e. The summed E-state index contributed by atoms with van der Waals surface area (Å²) in [7, 11) is 0. The van der Waals surface area contributed by atoms with Gasteiger partial charge in [-0.1, -0.05) is 25.6 Å². The number of carbonyl (C=O) groups is 1. The van der Waals surface area contributed by atoms with E-state index in [2.05, 4.69) is 10.2 Å². The number of fused-ring (bicyclic) bond motifs is 2. The number of nitrogens with zero attached hydrogens (tertiary/aromatic N) is 5. The summed E-state index contributed by atoms with van der Waals surface area (Å²) in [6, 6.07) is -0.0920. The average molecular weight is 430 g/mol. The standard InChI is InChI=1S/C21H27N5O3S/c1-12(2)18-23-24-19(29-18)13-6-8-25(9-7-13)17(27)10-14-11-30-21-22-16-5-3-4-15(16)20(28)26(14)21/h12-14H,3-11H2,1-2H3/t14-/m0/s1. The van der Waals surface area contributed by atoms with Gasteiger partial charge in [0, 0.05) is 42.7 Å². The molecule has 9 heteroatoms. The van der Waals surface area contributed by atoms with Gasteiger partial charge in [0.05, 0.1) is 11.7 Å². The third kappa shape index (κ3) is 3.46. The maximum Gasteiger partial charge on any atom is 0.257 e. The van der Waals surface area contributed by atoms with Crippen LogP contribution in [-0.2, 0) is 17.6 Å². The highest BCUT2D eigenvalue weighted by atomic mass is 32.2. The fourth-order valence-electron chi connectivity index (χ4n) is 4.65. The van der Waals surface area contributed by atoms with Crippen molar-refractivity contribution < 1.29 is 9.21 Å². The second-order valence-electron chi connectivity index (χ2n) is 8.81. The Labute approximate surface area is 179 Å². The number of hydrogen-bond acceptors (Lipinski definition) is 7. The number of aryl methyl sites for hydroxylation is 1. The third-order valence-corrected chi connectivity index (χ3v) is 7.53. The van der Waals surface area contributed by atoms with Crippen molar-refractivity contribution in [1.29, 1.82) is 0 Å². The SMILES string of the molecule is CC(C)c1nnc(C2CCN(C(=O)C[C@H]3CSc4nc5c(c(=O)n43)CCC5)CC2)o1. The number of likely N-dealkylation sites (tertiary alicyclic amines) is 1. The number of piperidine rings is 1. The van der Waals surface area contributed by atoms with Gasteiger partial charge in [0.25, 0.3) is 5.56 Å². The first-order chi connectivity index (χ1) is 14.5. The molecule has 1 aliphatic carbocycles. The summed E-state index contributed by atoms with van der Waals surface area (Å²) in [5.74, 6) is 2.66. The molecule has 5 rings (SSSR count). The van der Waals surface area contributed by atoms with Crippen molar-refractivity contribution in [2.45, 2.75) is 75.4 Å². The summed E-state index contributed by atoms with van der Waals surface area (Å²) in [4.78, 5) is 32.5. The van der Waals surface area contributed by atoms with E-state index in [0.29, 0.717) is 31.3 Å². The van der Waals surface area contributed by atoms with Gasteiger partial charge in [0.1, 0.15) is 0 Å². The normalized spacial score (nSPS) is 21.3. The Balaban J connectivity index is 1.22. The molecule has 0 bridgehead atoms. The second kappa shape index (κ2) is 7.83. The first kappa shape index (κ1) is 19.8. The number of hydrogen-bond donors (Lipinski definition) is 0. The predicted octanol–water partition coefficient (Wildman–Crippen LogP) is 2.68. The van der Waals surface area contributed by atoms with Crippen LogP contribution in [0.15, 0.2) is 14.4 Å². The summed E-state index contributed by atoms with van der Waals surface area (Å²) >= 11 is 1.60. The van der Waals surface area contributed by atoms with Crippen molar-refractivity contribution in [1.82, 2.24) is 24.6 Å². The summed E-state index contributed by atoms with van der Waals surface area (Å²) < 4.78 is 7.59. The minimum atomic E-state index is -0.0920. The van der Waals surface area contributed by atoms with Crippen LogP contribution in [0.3, 0.4) is 0 Å². The molecule has 1 saturated heterocycles. The molecule has 160 valence electrons. The van der Waals surface area contributed by atoms with Crippen LogP contribution in [0.2, 0.25) is 0 Å². The molecule has 0 radical (unpaired) electrons. The average Bonchev–Trinajstić information content (AvgIpc) is 3.48. The van der Waals surface area contributed by atoms with Gasteiger partial charge in [0.15, 0.2) is 5.16 Å². The van der Waals surface area contributed by atoms with E-state index in [1.165, 1.54) is 0 Å². The Bertz CT molecular complexity index is 1020. The molecule has 8 nitrogen and oxygen atoms in total. The van der Waals surface area contributed by atoms with Crippen molar-refractivity contribution in [3.05, 3.63) is 33.4 Å². The quantitative estimate of drug-likeness (QED) is 0.690. The molecule has 2 aliphatic heterocycles. The van der Waals surface area contributed by atoms with E-state index in [0.717, 1.165) is 54.3 Å². The van der Waals surface area contributed by atoms with Gasteiger partial charge >= 0.3 is 0 Å². The summed E-state index contributed by atoms with van der Waals surface area (Å²) in [6.07, 6.45) is 4.74. The van der Waals surface area contributed by atoms with Crippen LogP contribution in [-0.4, -0.2) is 49.4 Å². The van der Waals surface area contributed by atoms with Gasteiger partial charge in [-0.2, -0.15) is 0 Å². The van der Waals surface area contributed by atoms with E-state index < -0.39 is 0 Å². The van der Waals surface area contributed by atoms with Crippen LogP contribution in [0.25, 0.3) is 0 Å². The predicted molar refractivity (Wildman–Crippen MR) is 112 cm³/mol. The van der Waals surface area contributed by atoms with E-state index in [1.54, 1.807) is 16.3 Å². The van der Waals surface area contributed by atoms with E-state index in [1.807, 2.05) is 18.7 Å². The van der Waals surface area contributed by atoms with E-state index in [4.69, 9.17) is 9.40 Å². The molecule has 0 aromatic carbocycles. The summed E-state index contributed by atoms with van der Waals surface area (Å²) in [6.45, 7) is 5.44. The molecule has 4 heterocycles. The van der Waals surface area contributed by atoms with Gasteiger partial charge in [0.2, 0.25) is 17.7 Å². The minimum Gasteiger partial charge on any atom is -0.425 e. The molecular weight excluding hydrogens is 402 g/mol. The monoisotopic (exact) mass is 429 g/mol. The van der Waals surface area contributed by atoms with Crippen LogP contribution >= 0.6 is 11.8 Å². The Hall–Kier alpha value is -2.16. The zero-order valence-electron chi connectivity index (χ0n) is 17.5. The highest BCUT2D eigenvalue weighted by Crippen LogP contribution is 2.35. The van der Waals surface area contributed by atoms with Crippen molar-refractivity contribution in [2.75, 3.05) is 18.8 Å². The van der Waals surface area contributed by atoms with Crippen LogP contribution < -0.4 is 5.56 Å². The lowest BCUT2D eigenvalue weighted by Crippen LogP contribution is -2.39. The Morgan fingerprint density at radius 2 is 2.03 bits per heavy atom. The molecule has 3 aliphatic rings. The molecule has 0 unspecified atom stereocenters. The fourth-order valence-corrected chi connectivity index (χ4v) is 5.81. The maximum atomic E-state index is 13.0. The first-order valence-corrected chi connectivity index (χ1v) is 11.9. The van der Waals surface area contributed by atoms with Crippen molar-refractivity contribution in [3.63, 3.8) is 0 Å². The Morgan fingerprint density at radius 3 is 2.77 bits per heavy atom. The molecule has 0 N–H and O–H groups in total. The molecular formula is C21H27N5O3S. The zero-order valence-corrected chi connectivity index (χ0v) is 18.3. The molecule has 1 atom stereocenters. The van der Waals surface area contributed by atoms with Gasteiger partial charge in [-0.3, -0.25) is 14.2 Å². The maximum absolute atomic E-state index is 13.0. The number of amides is 1. The molecule has 2 aromatic rings. The number of carbonyl (C=O) groups excluding carboxylic acids is 1. The zero-order chi connectivity index (χ0) is 20.8. The largest absolute Gasteiger partial charge is 0.425 e. The molecule has 1 amide bonds. The first-order valence-electron chi connectivity index (χ1n) is 10.9. The lowest BCUT2D eigenvalue weighted by Gasteiger charge is -2.31. The van der Waals surface area contributed by atoms with Crippen molar-refractivity contribution >= 4 is 17.7 Å². The van der Waals surface area contributed by atoms with Gasteiger partial charge in [-0.05, 0) is 32.1 Å². The van der Waals surface area contributed by atoms with E-state index >= 15 is 0 Å². The second-order valence-corrected chi connectivity index (χ2v) is 9.79. The molecule has 1 fully saturated rings. The van der Waals surface area contributed by atoms with Crippen molar-refractivity contribution in [3.8, 4) is 0 Å². The minimum absolute atomic E-state index is 0.0753. The number of thioether (sulfide) groups is 1. The lowest BCUT2D eigenvalue weighted by atomic mass is 9.96. The summed E-state index contributed by atoms with van der Waals surface area (Å²) in [5.41, 5.74) is 1.90. The highest BCUT2D eigenvalue weighted by molar-refractivity contribution is 7.99. The van der Waals surface area contributed by atoms with Crippen LogP contribution in [0.5, 0.6) is 0 Å². The van der Waals surface area contributed by atoms with E-state index in [9.17, 15) is 9.59 Å². The van der Waals surface area contributed by atoms with E-state index in [-0.39, 0.29) is 29.3 Å². The highest BCUT2D eigenvalue weighted by Gasteiger charge is 2.33. The Kier molecular flexibility index (Phi) is 5.16. The Morgan fingerprint density at radius 1 is 1.23 bits per heavy atom. The molecule has 2 aromatic heterocycles. The molecule has 0 saturated carbocycles. The van der Waals surface area contributed by atoms with Crippen LogP contribution in [0.1, 0.15) is 80.4 Å². The topological polar surface area (TPSA) is 94.1 Å². The van der Waals surface area contributed by atoms with Crippen LogP contribution in [0.4, 0.5) is 0 Å². The summed E-state index contributed by atoms with van der Waals surface area (Å²) in [5, 5.41) is 9.13. The third-order valence-electron chi connectivity index (χ3n) is 6.43. The number of aromatic nitrogens is 4.